The van der Waals surface area contributed by atoms with Gasteiger partial charge >= 0.3 is 0 Å². The fourth-order valence-electron chi connectivity index (χ4n) is 1.23. The molecule has 0 spiro atoms. The molecule has 0 N–H and O–H groups in total. The molecule has 0 aromatic heterocycles. The van der Waals surface area contributed by atoms with Crippen molar-refractivity contribution in [3.05, 3.63) is 12.2 Å². The molecule has 3 heteroatoms. The molecule has 1 aliphatic rings. The molecule has 0 atom stereocenters. The first-order valence-electron chi connectivity index (χ1n) is 5.24. The summed E-state index contributed by atoms with van der Waals surface area (Å²) in [4.78, 5) is 0. The Labute approximate surface area is 86.0 Å². The van der Waals surface area contributed by atoms with Gasteiger partial charge in [-0.1, -0.05) is 5.57 Å². The first-order valence-corrected chi connectivity index (χ1v) is 5.24. The summed E-state index contributed by atoms with van der Waals surface area (Å²) in [7, 11) is 0. The van der Waals surface area contributed by atoms with Gasteiger partial charge in [0.1, 0.15) is 0 Å². The average Bonchev–Trinajstić information content (AvgIpc) is 2.18. The van der Waals surface area contributed by atoms with Crippen molar-refractivity contribution in [3.63, 3.8) is 0 Å². The molecule has 0 bridgehead atoms. The maximum atomic E-state index is 5.43. The molecule has 0 radical (unpaired) electrons. The lowest BCUT2D eigenvalue weighted by Crippen LogP contribution is -2.26. The highest BCUT2D eigenvalue weighted by atomic mass is 16.7. The molecule has 0 saturated carbocycles. The lowest BCUT2D eigenvalue weighted by Gasteiger charge is -2.22. The zero-order chi connectivity index (χ0) is 10.2. The summed E-state index contributed by atoms with van der Waals surface area (Å²) >= 11 is 0. The summed E-state index contributed by atoms with van der Waals surface area (Å²) in [6.45, 7) is 8.91. The molecule has 0 aromatic carbocycles. The molecule has 1 heterocycles. The maximum absolute atomic E-state index is 5.43. The smallest absolute Gasteiger partial charge is 0.159 e. The average molecular weight is 200 g/mol. The van der Waals surface area contributed by atoms with Gasteiger partial charge in [0.25, 0.3) is 0 Å². The Hall–Kier alpha value is -0.380. The van der Waals surface area contributed by atoms with Gasteiger partial charge in [0.2, 0.25) is 0 Å². The predicted octanol–water partition coefficient (Wildman–Crippen LogP) is 2.12. The van der Waals surface area contributed by atoms with Crippen LogP contribution >= 0.6 is 0 Å². The molecule has 0 amide bonds. The van der Waals surface area contributed by atoms with Crippen molar-refractivity contribution in [3.8, 4) is 0 Å². The Bertz CT molecular complexity index is 162. The van der Waals surface area contributed by atoms with Gasteiger partial charge in [-0.15, -0.1) is 6.58 Å². The molecule has 1 fully saturated rings. The van der Waals surface area contributed by atoms with Crippen molar-refractivity contribution < 1.29 is 14.2 Å². The topological polar surface area (TPSA) is 27.7 Å². The van der Waals surface area contributed by atoms with Crippen molar-refractivity contribution in [1.82, 2.24) is 0 Å². The van der Waals surface area contributed by atoms with Crippen LogP contribution in [0.25, 0.3) is 0 Å². The van der Waals surface area contributed by atoms with Crippen molar-refractivity contribution in [2.24, 2.45) is 0 Å². The lowest BCUT2D eigenvalue weighted by atomic mass is 10.3. The molecule has 1 aliphatic heterocycles. The van der Waals surface area contributed by atoms with Crippen LogP contribution in [0.3, 0.4) is 0 Å². The zero-order valence-electron chi connectivity index (χ0n) is 8.96. The van der Waals surface area contributed by atoms with Gasteiger partial charge in [0.05, 0.1) is 26.4 Å². The molecular formula is C11H20O3. The van der Waals surface area contributed by atoms with E-state index in [0.29, 0.717) is 6.61 Å². The second-order valence-corrected chi connectivity index (χ2v) is 3.63. The molecule has 0 unspecified atom stereocenters. The monoisotopic (exact) mass is 200 g/mol. The minimum atomic E-state index is -0.0476. The van der Waals surface area contributed by atoms with Crippen molar-refractivity contribution in [2.45, 2.75) is 32.5 Å². The molecule has 14 heavy (non-hydrogen) atoms. The third-order valence-electron chi connectivity index (χ3n) is 2.07. The van der Waals surface area contributed by atoms with Crippen LogP contribution in [0.15, 0.2) is 12.2 Å². The first kappa shape index (κ1) is 11.7. The normalized spacial score (nSPS) is 18.4. The fourth-order valence-corrected chi connectivity index (χ4v) is 1.23. The van der Waals surface area contributed by atoms with E-state index in [1.807, 2.05) is 6.92 Å². The standard InChI is InChI=1S/C11H20O3/c1-10(2)4-8-12-9-5-11-13-6-3-7-14-11/h11H,1,3-9H2,2H3. The van der Waals surface area contributed by atoms with E-state index in [9.17, 15) is 0 Å². The van der Waals surface area contributed by atoms with E-state index in [2.05, 4.69) is 6.58 Å². The van der Waals surface area contributed by atoms with E-state index in [-0.39, 0.29) is 6.29 Å². The number of rotatable bonds is 6. The quantitative estimate of drug-likeness (QED) is 0.485. The fraction of sp³-hybridized carbons (Fsp3) is 0.818. The minimum Gasteiger partial charge on any atom is -0.381 e. The molecule has 1 rings (SSSR count). The Morgan fingerprint density at radius 3 is 2.71 bits per heavy atom. The van der Waals surface area contributed by atoms with E-state index in [1.54, 1.807) is 0 Å². The maximum Gasteiger partial charge on any atom is 0.159 e. The highest BCUT2D eigenvalue weighted by Crippen LogP contribution is 2.08. The predicted molar refractivity (Wildman–Crippen MR) is 55.2 cm³/mol. The molecule has 0 aromatic rings. The van der Waals surface area contributed by atoms with E-state index in [4.69, 9.17) is 14.2 Å². The van der Waals surface area contributed by atoms with Crippen LogP contribution < -0.4 is 0 Å². The van der Waals surface area contributed by atoms with Crippen LogP contribution in [0.2, 0.25) is 0 Å². The van der Waals surface area contributed by atoms with Gasteiger partial charge in [-0.3, -0.25) is 0 Å². The van der Waals surface area contributed by atoms with Crippen LogP contribution in [0.1, 0.15) is 26.2 Å². The van der Waals surface area contributed by atoms with Crippen LogP contribution in [0.5, 0.6) is 0 Å². The van der Waals surface area contributed by atoms with Gasteiger partial charge in [-0.25, -0.2) is 0 Å². The Kier molecular flexibility index (Phi) is 5.83. The van der Waals surface area contributed by atoms with Gasteiger partial charge in [-0.05, 0) is 19.8 Å². The second-order valence-electron chi connectivity index (χ2n) is 3.63. The van der Waals surface area contributed by atoms with Crippen molar-refractivity contribution in [2.75, 3.05) is 26.4 Å². The highest BCUT2D eigenvalue weighted by molar-refractivity contribution is 4.86. The molecular weight excluding hydrogens is 180 g/mol. The lowest BCUT2D eigenvalue weighted by molar-refractivity contribution is -0.186. The summed E-state index contributed by atoms with van der Waals surface area (Å²) in [6, 6.07) is 0. The number of hydrogen-bond acceptors (Lipinski definition) is 3. The Morgan fingerprint density at radius 1 is 1.36 bits per heavy atom. The molecule has 82 valence electrons. The summed E-state index contributed by atoms with van der Waals surface area (Å²) in [5.74, 6) is 0. The van der Waals surface area contributed by atoms with E-state index in [0.717, 1.165) is 44.7 Å². The Balaban J connectivity index is 1.90. The van der Waals surface area contributed by atoms with E-state index in [1.165, 1.54) is 0 Å². The van der Waals surface area contributed by atoms with Crippen LogP contribution in [-0.4, -0.2) is 32.7 Å². The summed E-state index contributed by atoms with van der Waals surface area (Å²) in [6.07, 6.45) is 2.73. The summed E-state index contributed by atoms with van der Waals surface area (Å²) < 4.78 is 16.2. The van der Waals surface area contributed by atoms with Gasteiger partial charge in [-0.2, -0.15) is 0 Å². The third kappa shape index (κ3) is 5.37. The third-order valence-corrected chi connectivity index (χ3v) is 2.07. The SMILES string of the molecule is C=C(C)CCOCCC1OCCCO1. The minimum absolute atomic E-state index is 0.0476. The zero-order valence-corrected chi connectivity index (χ0v) is 8.96. The summed E-state index contributed by atoms with van der Waals surface area (Å²) in [5.41, 5.74) is 1.16. The summed E-state index contributed by atoms with van der Waals surface area (Å²) in [5, 5.41) is 0. The number of hydrogen-bond donors (Lipinski definition) is 0. The van der Waals surface area contributed by atoms with Crippen molar-refractivity contribution >= 4 is 0 Å². The van der Waals surface area contributed by atoms with E-state index >= 15 is 0 Å². The largest absolute Gasteiger partial charge is 0.381 e. The van der Waals surface area contributed by atoms with Gasteiger partial charge in [0.15, 0.2) is 6.29 Å². The van der Waals surface area contributed by atoms with Gasteiger partial charge in [0, 0.05) is 6.42 Å². The molecule has 1 saturated heterocycles. The molecule has 3 nitrogen and oxygen atoms in total. The van der Waals surface area contributed by atoms with Crippen LogP contribution in [0.4, 0.5) is 0 Å². The molecule has 0 aliphatic carbocycles. The van der Waals surface area contributed by atoms with Crippen LogP contribution in [0, 0.1) is 0 Å². The highest BCUT2D eigenvalue weighted by Gasteiger charge is 2.13. The second kappa shape index (κ2) is 6.98. The Morgan fingerprint density at radius 2 is 2.07 bits per heavy atom. The van der Waals surface area contributed by atoms with E-state index < -0.39 is 0 Å². The van der Waals surface area contributed by atoms with Crippen molar-refractivity contribution in [1.29, 1.82) is 0 Å². The first-order chi connectivity index (χ1) is 6.79. The van der Waals surface area contributed by atoms with Crippen LogP contribution in [-0.2, 0) is 14.2 Å². The van der Waals surface area contributed by atoms with Gasteiger partial charge < -0.3 is 14.2 Å². The number of ether oxygens (including phenoxy) is 3.